The van der Waals surface area contributed by atoms with Gasteiger partial charge < -0.3 is 10.1 Å². The summed E-state index contributed by atoms with van der Waals surface area (Å²) < 4.78 is 7.05. The zero-order chi connectivity index (χ0) is 19.4. The molecule has 0 spiro atoms. The molecule has 0 aliphatic heterocycles. The monoisotopic (exact) mass is 370 g/mol. The van der Waals surface area contributed by atoms with E-state index >= 15 is 0 Å². The smallest absolute Gasteiger partial charge is 0.321 e. The summed E-state index contributed by atoms with van der Waals surface area (Å²) in [5.74, 6) is -0.357. The molecule has 1 aromatic heterocycles. The Morgan fingerprint density at radius 3 is 2.26 bits per heavy atom. The van der Waals surface area contributed by atoms with Crippen molar-refractivity contribution in [2.75, 3.05) is 12.0 Å². The zero-order valence-corrected chi connectivity index (χ0v) is 15.2. The van der Waals surface area contributed by atoms with Crippen molar-refractivity contribution in [3.05, 3.63) is 53.3 Å². The third kappa shape index (κ3) is 5.10. The predicted octanol–water partition coefficient (Wildman–Crippen LogP) is 1.86. The van der Waals surface area contributed by atoms with Crippen LogP contribution in [0.3, 0.4) is 0 Å². The molecule has 1 heterocycles. The van der Waals surface area contributed by atoms with Crippen LogP contribution < -0.4 is 20.8 Å². The predicted molar refractivity (Wildman–Crippen MR) is 99.2 cm³/mol. The number of nitrogens with one attached hydrogen (secondary N) is 3. The minimum Gasteiger partial charge on any atom is -0.484 e. The number of rotatable bonds is 6. The highest BCUT2D eigenvalue weighted by Gasteiger charge is 2.23. The van der Waals surface area contributed by atoms with Gasteiger partial charge in [0.2, 0.25) is 0 Å². The Hall–Kier alpha value is -3.29. The fourth-order valence-electron chi connectivity index (χ4n) is 2.47. The summed E-state index contributed by atoms with van der Waals surface area (Å²) in [6.07, 6.45) is 1.89. The highest BCUT2D eigenvalue weighted by molar-refractivity contribution is 6.00. The van der Waals surface area contributed by atoms with Gasteiger partial charge >= 0.3 is 6.03 Å². The van der Waals surface area contributed by atoms with Gasteiger partial charge in [0.15, 0.2) is 6.61 Å². The second kappa shape index (κ2) is 7.94. The van der Waals surface area contributed by atoms with Gasteiger partial charge in [0.05, 0.1) is 0 Å². The third-order valence-electron chi connectivity index (χ3n) is 4.14. The minimum atomic E-state index is -0.534. The maximum Gasteiger partial charge on any atom is 0.321 e. The lowest BCUT2D eigenvalue weighted by molar-refractivity contribution is -0.122. The standard InChI is InChI=1S/C19H22N4O4/c1-12-3-4-13(2)23(12)22-18(25)14-5-9-16(10-6-14)27-11-17(24)21-19(26)20-15-7-8-15/h3-6,9-10,15H,7-8,11H2,1-2H3,(H,22,25)(H2,20,21,24,26). The highest BCUT2D eigenvalue weighted by Crippen LogP contribution is 2.18. The maximum absolute atomic E-state index is 12.3. The van der Waals surface area contributed by atoms with Crippen LogP contribution in [0.25, 0.3) is 0 Å². The first-order valence-electron chi connectivity index (χ1n) is 8.72. The molecule has 27 heavy (non-hydrogen) atoms. The van der Waals surface area contributed by atoms with Crippen LogP contribution in [0, 0.1) is 13.8 Å². The van der Waals surface area contributed by atoms with Crippen molar-refractivity contribution in [3.63, 3.8) is 0 Å². The highest BCUT2D eigenvalue weighted by atomic mass is 16.5. The molecular formula is C19H22N4O4. The van der Waals surface area contributed by atoms with E-state index in [9.17, 15) is 14.4 Å². The van der Waals surface area contributed by atoms with Crippen molar-refractivity contribution in [2.45, 2.75) is 32.7 Å². The van der Waals surface area contributed by atoms with Gasteiger partial charge in [-0.05, 0) is 63.1 Å². The number of aromatic nitrogens is 1. The molecule has 1 fully saturated rings. The first-order chi connectivity index (χ1) is 12.9. The Kier molecular flexibility index (Phi) is 5.44. The quantitative estimate of drug-likeness (QED) is 0.722. The number of nitrogens with zero attached hydrogens (tertiary/aromatic N) is 1. The number of urea groups is 1. The van der Waals surface area contributed by atoms with Crippen LogP contribution in [-0.2, 0) is 4.79 Å². The summed E-state index contributed by atoms with van der Waals surface area (Å²) in [6, 6.07) is 9.92. The summed E-state index contributed by atoms with van der Waals surface area (Å²) in [7, 11) is 0. The third-order valence-corrected chi connectivity index (χ3v) is 4.14. The van der Waals surface area contributed by atoms with Gasteiger partial charge in [-0.2, -0.15) is 0 Å². The second-order valence-electron chi connectivity index (χ2n) is 6.50. The average molecular weight is 370 g/mol. The molecule has 8 nitrogen and oxygen atoms in total. The molecule has 4 amide bonds. The minimum absolute atomic E-state index is 0.177. The molecule has 0 unspecified atom stereocenters. The van der Waals surface area contributed by atoms with Crippen molar-refractivity contribution in [1.82, 2.24) is 15.3 Å². The van der Waals surface area contributed by atoms with Crippen LogP contribution in [0.5, 0.6) is 5.75 Å². The van der Waals surface area contributed by atoms with Gasteiger partial charge in [0.25, 0.3) is 11.8 Å². The van der Waals surface area contributed by atoms with Gasteiger partial charge in [-0.15, -0.1) is 0 Å². The molecule has 0 radical (unpaired) electrons. The number of benzene rings is 1. The number of carbonyl (C=O) groups is 3. The van der Waals surface area contributed by atoms with Gasteiger partial charge in [-0.25, -0.2) is 4.79 Å². The van der Waals surface area contributed by atoms with E-state index in [2.05, 4.69) is 16.1 Å². The molecule has 3 N–H and O–H groups in total. The molecule has 0 saturated heterocycles. The average Bonchev–Trinajstić information content (AvgIpc) is 3.40. The van der Waals surface area contributed by atoms with E-state index in [4.69, 9.17) is 4.74 Å². The van der Waals surface area contributed by atoms with Crippen LogP contribution in [0.2, 0.25) is 0 Å². The van der Waals surface area contributed by atoms with E-state index in [1.165, 1.54) is 0 Å². The van der Waals surface area contributed by atoms with Gasteiger partial charge in [-0.1, -0.05) is 0 Å². The first kappa shape index (κ1) is 18.5. The fourth-order valence-corrected chi connectivity index (χ4v) is 2.47. The van der Waals surface area contributed by atoms with E-state index in [0.717, 1.165) is 24.2 Å². The number of carbonyl (C=O) groups excluding carboxylic acids is 3. The van der Waals surface area contributed by atoms with Crippen molar-refractivity contribution in [3.8, 4) is 5.75 Å². The normalized spacial score (nSPS) is 13.0. The number of ether oxygens (including phenoxy) is 1. The van der Waals surface area contributed by atoms with E-state index in [0.29, 0.717) is 11.3 Å². The Bertz CT molecular complexity index is 834. The lowest BCUT2D eigenvalue weighted by Crippen LogP contribution is -2.42. The Morgan fingerprint density at radius 1 is 1.04 bits per heavy atom. The lowest BCUT2D eigenvalue weighted by atomic mass is 10.2. The van der Waals surface area contributed by atoms with Gasteiger partial charge in [0, 0.05) is 23.0 Å². The van der Waals surface area contributed by atoms with Crippen LogP contribution in [-0.4, -0.2) is 35.2 Å². The van der Waals surface area contributed by atoms with E-state index in [1.807, 2.05) is 26.0 Å². The summed E-state index contributed by atoms with van der Waals surface area (Å²) in [6.45, 7) is 3.52. The summed E-state index contributed by atoms with van der Waals surface area (Å²) >= 11 is 0. The molecule has 0 bridgehead atoms. The summed E-state index contributed by atoms with van der Waals surface area (Å²) in [5, 5.41) is 4.86. The van der Waals surface area contributed by atoms with Gasteiger partial charge in [0.1, 0.15) is 5.75 Å². The van der Waals surface area contributed by atoms with Crippen molar-refractivity contribution >= 4 is 17.8 Å². The Morgan fingerprint density at radius 2 is 1.67 bits per heavy atom. The van der Waals surface area contributed by atoms with Crippen LogP contribution in [0.4, 0.5) is 4.79 Å². The van der Waals surface area contributed by atoms with Gasteiger partial charge in [-0.3, -0.25) is 25.0 Å². The molecule has 2 aromatic rings. The zero-order valence-electron chi connectivity index (χ0n) is 15.2. The van der Waals surface area contributed by atoms with Crippen molar-refractivity contribution in [2.24, 2.45) is 0 Å². The summed E-state index contributed by atoms with van der Waals surface area (Å²) in [5.41, 5.74) is 5.13. The van der Waals surface area contributed by atoms with Crippen LogP contribution in [0.15, 0.2) is 36.4 Å². The molecule has 8 heteroatoms. The molecule has 0 atom stereocenters. The number of aryl methyl sites for hydroxylation is 2. The van der Waals surface area contributed by atoms with Crippen molar-refractivity contribution < 1.29 is 19.1 Å². The fraction of sp³-hybridized carbons (Fsp3) is 0.316. The van der Waals surface area contributed by atoms with Crippen LogP contribution in [0.1, 0.15) is 34.6 Å². The summed E-state index contributed by atoms with van der Waals surface area (Å²) in [4.78, 5) is 35.5. The van der Waals surface area contributed by atoms with E-state index in [-0.39, 0.29) is 18.6 Å². The number of hydrogen-bond donors (Lipinski definition) is 3. The van der Waals surface area contributed by atoms with E-state index in [1.54, 1.807) is 28.9 Å². The number of amides is 4. The number of hydrogen-bond acceptors (Lipinski definition) is 4. The lowest BCUT2D eigenvalue weighted by Gasteiger charge is -2.12. The molecule has 1 aromatic carbocycles. The SMILES string of the molecule is Cc1ccc(C)n1NC(=O)c1ccc(OCC(=O)NC(=O)NC2CC2)cc1. The second-order valence-corrected chi connectivity index (χ2v) is 6.50. The molecule has 1 aliphatic carbocycles. The van der Waals surface area contributed by atoms with Crippen LogP contribution >= 0.6 is 0 Å². The largest absolute Gasteiger partial charge is 0.484 e. The topological polar surface area (TPSA) is 101 Å². The first-order valence-corrected chi connectivity index (χ1v) is 8.72. The molecule has 1 aliphatic rings. The molecule has 3 rings (SSSR count). The number of imide groups is 1. The molecule has 1 saturated carbocycles. The van der Waals surface area contributed by atoms with E-state index < -0.39 is 11.9 Å². The maximum atomic E-state index is 12.3. The molecule has 142 valence electrons. The molecular weight excluding hydrogens is 348 g/mol. The Balaban J connectivity index is 1.48. The van der Waals surface area contributed by atoms with Crippen molar-refractivity contribution in [1.29, 1.82) is 0 Å². The Labute approximate surface area is 156 Å².